The summed E-state index contributed by atoms with van der Waals surface area (Å²) in [5, 5.41) is 4.40. The van der Waals surface area contributed by atoms with Gasteiger partial charge in [-0.05, 0) is 52.3 Å². The topological polar surface area (TPSA) is 39.8 Å². The molecule has 0 atom stereocenters. The average Bonchev–Trinajstić information content (AvgIpc) is 2.92. The predicted molar refractivity (Wildman–Crippen MR) is 81.0 cm³/mol. The van der Waals surface area contributed by atoms with Crippen molar-refractivity contribution in [2.45, 2.75) is 6.54 Å². The minimum atomic E-state index is -0.285. The Hall–Kier alpha value is -2.21. The first-order valence-corrected chi connectivity index (χ1v) is 7.07. The van der Waals surface area contributed by atoms with Gasteiger partial charge in [-0.1, -0.05) is 0 Å². The molecule has 0 amide bonds. The van der Waals surface area contributed by atoms with Crippen molar-refractivity contribution in [3.63, 3.8) is 0 Å². The third kappa shape index (κ3) is 3.11. The monoisotopic (exact) mass is 347 g/mol. The van der Waals surface area contributed by atoms with Gasteiger partial charge in [-0.2, -0.15) is 5.10 Å². The van der Waals surface area contributed by atoms with E-state index in [0.29, 0.717) is 6.54 Å². The van der Waals surface area contributed by atoms with Gasteiger partial charge in [0.1, 0.15) is 5.82 Å². The third-order valence-corrected chi connectivity index (χ3v) is 3.48. The normalized spacial score (nSPS) is 10.8. The van der Waals surface area contributed by atoms with Crippen LogP contribution in [0.25, 0.3) is 5.69 Å². The molecule has 3 aromatic rings. The zero-order valence-electron chi connectivity index (χ0n) is 10.9. The van der Waals surface area contributed by atoms with E-state index >= 15 is 0 Å². The molecule has 106 valence electrons. The molecule has 0 unspecified atom stereocenters. The molecule has 0 bridgehead atoms. The van der Waals surface area contributed by atoms with Crippen LogP contribution in [0.15, 0.2) is 64.1 Å². The fourth-order valence-electron chi connectivity index (χ4n) is 1.98. The van der Waals surface area contributed by atoms with Crippen molar-refractivity contribution in [3.8, 4) is 5.69 Å². The molecule has 21 heavy (non-hydrogen) atoms. The SMILES string of the molecule is O=c1ccc(Br)cn1Cc1ccn(-c2ccc(F)cc2)n1. The van der Waals surface area contributed by atoms with Gasteiger partial charge in [0.15, 0.2) is 0 Å². The minimum Gasteiger partial charge on any atom is -0.308 e. The van der Waals surface area contributed by atoms with Crippen molar-refractivity contribution in [2.75, 3.05) is 0 Å². The molecular formula is C15H11BrFN3O. The van der Waals surface area contributed by atoms with Crippen molar-refractivity contribution in [2.24, 2.45) is 0 Å². The number of pyridine rings is 1. The Morgan fingerprint density at radius 1 is 1.10 bits per heavy atom. The van der Waals surface area contributed by atoms with Gasteiger partial charge in [-0.3, -0.25) is 4.79 Å². The van der Waals surface area contributed by atoms with Gasteiger partial charge in [-0.15, -0.1) is 0 Å². The number of hydrogen-bond donors (Lipinski definition) is 0. The molecule has 6 heteroatoms. The zero-order valence-corrected chi connectivity index (χ0v) is 12.5. The van der Waals surface area contributed by atoms with Gasteiger partial charge in [-0.25, -0.2) is 9.07 Å². The first-order valence-electron chi connectivity index (χ1n) is 6.28. The van der Waals surface area contributed by atoms with Gasteiger partial charge in [0.25, 0.3) is 5.56 Å². The Balaban J connectivity index is 1.87. The Kier molecular flexibility index (Phi) is 3.70. The van der Waals surface area contributed by atoms with E-state index in [2.05, 4.69) is 21.0 Å². The number of hydrogen-bond acceptors (Lipinski definition) is 2. The van der Waals surface area contributed by atoms with Crippen LogP contribution < -0.4 is 5.56 Å². The van der Waals surface area contributed by atoms with Crippen molar-refractivity contribution >= 4 is 15.9 Å². The number of nitrogens with zero attached hydrogens (tertiary/aromatic N) is 3. The summed E-state index contributed by atoms with van der Waals surface area (Å²) in [5.41, 5.74) is 1.43. The Morgan fingerprint density at radius 3 is 2.62 bits per heavy atom. The summed E-state index contributed by atoms with van der Waals surface area (Å²) < 4.78 is 17.0. The van der Waals surface area contributed by atoms with Crippen molar-refractivity contribution in [1.82, 2.24) is 14.3 Å². The Bertz CT molecular complexity index is 823. The van der Waals surface area contributed by atoms with E-state index in [1.807, 2.05) is 6.07 Å². The summed E-state index contributed by atoms with van der Waals surface area (Å²) in [5.74, 6) is -0.285. The maximum absolute atomic E-state index is 12.9. The number of aromatic nitrogens is 3. The molecule has 0 saturated carbocycles. The van der Waals surface area contributed by atoms with E-state index in [1.54, 1.807) is 39.8 Å². The molecule has 0 aliphatic carbocycles. The van der Waals surface area contributed by atoms with E-state index in [0.717, 1.165) is 15.9 Å². The molecule has 0 saturated heterocycles. The van der Waals surface area contributed by atoms with Crippen LogP contribution in [-0.4, -0.2) is 14.3 Å². The maximum atomic E-state index is 12.9. The van der Waals surface area contributed by atoms with E-state index in [-0.39, 0.29) is 11.4 Å². The lowest BCUT2D eigenvalue weighted by molar-refractivity contribution is 0.627. The zero-order chi connectivity index (χ0) is 14.8. The number of benzene rings is 1. The lowest BCUT2D eigenvalue weighted by atomic mass is 10.3. The van der Waals surface area contributed by atoms with Gasteiger partial charge < -0.3 is 4.57 Å². The quantitative estimate of drug-likeness (QED) is 0.730. The number of rotatable bonds is 3. The first kappa shape index (κ1) is 13.8. The van der Waals surface area contributed by atoms with Crippen LogP contribution in [0.2, 0.25) is 0 Å². The van der Waals surface area contributed by atoms with Gasteiger partial charge in [0.2, 0.25) is 0 Å². The van der Waals surface area contributed by atoms with E-state index < -0.39 is 0 Å². The molecule has 2 aromatic heterocycles. The van der Waals surface area contributed by atoms with Crippen LogP contribution in [0.4, 0.5) is 4.39 Å². The summed E-state index contributed by atoms with van der Waals surface area (Å²) in [6.45, 7) is 0.381. The van der Waals surface area contributed by atoms with E-state index in [4.69, 9.17) is 0 Å². The van der Waals surface area contributed by atoms with Gasteiger partial charge in [0.05, 0.1) is 17.9 Å². The summed E-state index contributed by atoms with van der Waals surface area (Å²) in [6, 6.07) is 11.1. The second kappa shape index (κ2) is 5.65. The van der Waals surface area contributed by atoms with Crippen LogP contribution in [0, 0.1) is 5.82 Å². The lowest BCUT2D eigenvalue weighted by Gasteiger charge is -2.04. The Labute approximate surface area is 128 Å². The highest BCUT2D eigenvalue weighted by molar-refractivity contribution is 9.10. The molecule has 0 spiro atoms. The second-order valence-electron chi connectivity index (χ2n) is 4.54. The third-order valence-electron chi connectivity index (χ3n) is 3.02. The van der Waals surface area contributed by atoms with Crippen LogP contribution in [0.5, 0.6) is 0 Å². The summed E-state index contributed by atoms with van der Waals surface area (Å²) in [7, 11) is 0. The number of halogens is 2. The highest BCUT2D eigenvalue weighted by atomic mass is 79.9. The largest absolute Gasteiger partial charge is 0.308 e. The first-order chi connectivity index (χ1) is 10.1. The van der Waals surface area contributed by atoms with Crippen LogP contribution in [-0.2, 0) is 6.54 Å². The molecule has 0 N–H and O–H groups in total. The van der Waals surface area contributed by atoms with Gasteiger partial charge >= 0.3 is 0 Å². The fourth-order valence-corrected chi connectivity index (χ4v) is 2.36. The molecular weight excluding hydrogens is 337 g/mol. The predicted octanol–water partition coefficient (Wildman–Crippen LogP) is 2.98. The van der Waals surface area contributed by atoms with Gasteiger partial charge in [0, 0.05) is 22.9 Å². The molecule has 0 radical (unpaired) electrons. The van der Waals surface area contributed by atoms with Crippen LogP contribution in [0.1, 0.15) is 5.69 Å². The van der Waals surface area contributed by atoms with Crippen LogP contribution >= 0.6 is 15.9 Å². The van der Waals surface area contributed by atoms with Crippen LogP contribution in [0.3, 0.4) is 0 Å². The van der Waals surface area contributed by atoms with Crippen molar-refractivity contribution in [1.29, 1.82) is 0 Å². The standard InChI is InChI=1S/C15H11BrFN3O/c16-11-1-6-15(21)19(9-11)10-13-7-8-20(18-13)14-4-2-12(17)3-5-14/h1-9H,10H2. The summed E-state index contributed by atoms with van der Waals surface area (Å²) in [6.07, 6.45) is 3.50. The van der Waals surface area contributed by atoms with E-state index in [9.17, 15) is 9.18 Å². The molecule has 3 rings (SSSR count). The summed E-state index contributed by atoms with van der Waals surface area (Å²) in [4.78, 5) is 11.8. The highest BCUT2D eigenvalue weighted by Gasteiger charge is 2.04. The maximum Gasteiger partial charge on any atom is 0.250 e. The van der Waals surface area contributed by atoms with E-state index in [1.165, 1.54) is 18.2 Å². The smallest absolute Gasteiger partial charge is 0.250 e. The summed E-state index contributed by atoms with van der Waals surface area (Å²) >= 11 is 3.34. The molecule has 2 heterocycles. The highest BCUT2D eigenvalue weighted by Crippen LogP contribution is 2.10. The fraction of sp³-hybridized carbons (Fsp3) is 0.0667. The average molecular weight is 348 g/mol. The molecule has 4 nitrogen and oxygen atoms in total. The molecule has 0 fully saturated rings. The molecule has 0 aliphatic rings. The minimum absolute atomic E-state index is 0.0884. The van der Waals surface area contributed by atoms with Crippen molar-refractivity contribution in [3.05, 3.63) is 81.2 Å². The second-order valence-corrected chi connectivity index (χ2v) is 5.46. The Morgan fingerprint density at radius 2 is 1.86 bits per heavy atom. The lowest BCUT2D eigenvalue weighted by Crippen LogP contribution is -2.19. The van der Waals surface area contributed by atoms with Crippen molar-refractivity contribution < 1.29 is 4.39 Å². The molecule has 0 aliphatic heterocycles. The molecule has 1 aromatic carbocycles.